The number of benzene rings is 1. The van der Waals surface area contributed by atoms with Gasteiger partial charge in [-0.15, -0.1) is 0 Å². The Morgan fingerprint density at radius 2 is 1.84 bits per heavy atom. The van der Waals surface area contributed by atoms with Gasteiger partial charge in [0.25, 0.3) is 5.56 Å². The summed E-state index contributed by atoms with van der Waals surface area (Å²) in [5.41, 5.74) is 0.492. The standard InChI is InChI=1S/C23H21F3N4O2/c24-23(25,26)20-13-16-7-10-30(22(31)18(16)14-27-20)12-11-29-8-5-15(6-9-29)21-17-3-1-2-4-19(17)32-28-21/h1-4,7,10,13-15H,5-6,8-9,11-12H2. The summed E-state index contributed by atoms with van der Waals surface area (Å²) in [5, 5.41) is 5.79. The molecule has 1 fully saturated rings. The van der Waals surface area contributed by atoms with Crippen LogP contribution in [0.3, 0.4) is 0 Å². The first-order valence-corrected chi connectivity index (χ1v) is 10.5. The lowest BCUT2D eigenvalue weighted by Crippen LogP contribution is -2.36. The third-order valence-electron chi connectivity index (χ3n) is 6.19. The first kappa shape index (κ1) is 20.7. The van der Waals surface area contributed by atoms with Crippen molar-refractivity contribution in [3.8, 4) is 0 Å². The molecular formula is C23H21F3N4O2. The molecule has 5 rings (SSSR count). The van der Waals surface area contributed by atoms with E-state index in [0.29, 0.717) is 19.0 Å². The molecule has 3 aromatic heterocycles. The summed E-state index contributed by atoms with van der Waals surface area (Å²) in [6, 6.07) is 10.3. The minimum Gasteiger partial charge on any atom is -0.356 e. The number of aromatic nitrogens is 3. The SMILES string of the molecule is O=c1c2cnc(C(F)(F)F)cc2ccn1CCN1CCC(c2noc3ccccc23)CC1. The van der Waals surface area contributed by atoms with Crippen LogP contribution < -0.4 is 5.56 Å². The van der Waals surface area contributed by atoms with Crippen molar-refractivity contribution in [1.29, 1.82) is 0 Å². The molecule has 1 aliphatic rings. The summed E-state index contributed by atoms with van der Waals surface area (Å²) >= 11 is 0. The molecule has 0 atom stereocenters. The zero-order valence-electron chi connectivity index (χ0n) is 17.2. The van der Waals surface area contributed by atoms with Gasteiger partial charge < -0.3 is 14.0 Å². The Bertz CT molecular complexity index is 1320. The predicted octanol–water partition coefficient (Wildman–Crippen LogP) is 4.44. The molecule has 0 amide bonds. The molecule has 0 radical (unpaired) electrons. The van der Waals surface area contributed by atoms with Crippen molar-refractivity contribution >= 4 is 21.7 Å². The molecule has 6 nitrogen and oxygen atoms in total. The number of para-hydroxylation sites is 1. The molecule has 9 heteroatoms. The van der Waals surface area contributed by atoms with Crippen molar-refractivity contribution in [2.45, 2.75) is 31.5 Å². The quantitative estimate of drug-likeness (QED) is 0.468. The first-order valence-electron chi connectivity index (χ1n) is 10.5. The van der Waals surface area contributed by atoms with E-state index < -0.39 is 11.9 Å². The van der Waals surface area contributed by atoms with Crippen molar-refractivity contribution in [2.75, 3.05) is 19.6 Å². The number of hydrogen-bond donors (Lipinski definition) is 0. The molecule has 4 aromatic rings. The fourth-order valence-electron chi connectivity index (χ4n) is 4.39. The van der Waals surface area contributed by atoms with E-state index in [-0.39, 0.29) is 16.3 Å². The van der Waals surface area contributed by atoms with Crippen LogP contribution in [0, 0.1) is 0 Å². The van der Waals surface area contributed by atoms with Crippen LogP contribution in [0.4, 0.5) is 13.2 Å². The lowest BCUT2D eigenvalue weighted by atomic mass is 9.91. The van der Waals surface area contributed by atoms with Crippen LogP contribution in [0.1, 0.15) is 30.1 Å². The number of halogens is 3. The highest BCUT2D eigenvalue weighted by molar-refractivity contribution is 5.81. The molecule has 0 saturated carbocycles. The third kappa shape index (κ3) is 3.88. The number of alkyl halides is 3. The van der Waals surface area contributed by atoms with Crippen LogP contribution in [-0.2, 0) is 12.7 Å². The monoisotopic (exact) mass is 442 g/mol. The Labute approximate surface area is 181 Å². The Kier molecular flexibility index (Phi) is 5.21. The van der Waals surface area contributed by atoms with Gasteiger partial charge in [-0.05, 0) is 55.6 Å². The normalized spacial score (nSPS) is 16.2. The van der Waals surface area contributed by atoms with Crippen LogP contribution in [0.5, 0.6) is 0 Å². The number of nitrogens with zero attached hydrogens (tertiary/aromatic N) is 4. The number of fused-ring (bicyclic) bond motifs is 2. The molecule has 4 heterocycles. The van der Waals surface area contributed by atoms with Gasteiger partial charge in [-0.3, -0.25) is 9.78 Å². The third-order valence-corrected chi connectivity index (χ3v) is 6.19. The van der Waals surface area contributed by atoms with Crippen LogP contribution in [0.15, 0.2) is 58.1 Å². The number of likely N-dealkylation sites (tertiary alicyclic amines) is 1. The van der Waals surface area contributed by atoms with Crippen molar-refractivity contribution in [2.24, 2.45) is 0 Å². The summed E-state index contributed by atoms with van der Waals surface area (Å²) in [5.74, 6) is 0.340. The molecule has 0 aliphatic carbocycles. The highest BCUT2D eigenvalue weighted by Crippen LogP contribution is 2.32. The second kappa shape index (κ2) is 8.05. The van der Waals surface area contributed by atoms with Crippen molar-refractivity contribution in [3.05, 3.63) is 70.5 Å². The van der Waals surface area contributed by atoms with Gasteiger partial charge in [0.2, 0.25) is 0 Å². The maximum Gasteiger partial charge on any atom is 0.433 e. The summed E-state index contributed by atoms with van der Waals surface area (Å²) < 4.78 is 45.5. The van der Waals surface area contributed by atoms with Gasteiger partial charge in [0, 0.05) is 36.8 Å². The highest BCUT2D eigenvalue weighted by atomic mass is 19.4. The van der Waals surface area contributed by atoms with Gasteiger partial charge in [-0.25, -0.2) is 0 Å². The van der Waals surface area contributed by atoms with Crippen LogP contribution in [-0.4, -0.2) is 39.2 Å². The molecule has 32 heavy (non-hydrogen) atoms. The Morgan fingerprint density at radius 3 is 2.62 bits per heavy atom. The molecule has 166 valence electrons. The second-order valence-electron chi connectivity index (χ2n) is 8.15. The van der Waals surface area contributed by atoms with Crippen LogP contribution in [0.2, 0.25) is 0 Å². The van der Waals surface area contributed by atoms with E-state index >= 15 is 0 Å². The Hall–Kier alpha value is -3.20. The van der Waals surface area contributed by atoms with Gasteiger partial charge in [0.05, 0.1) is 11.1 Å². The number of hydrogen-bond acceptors (Lipinski definition) is 5. The van der Waals surface area contributed by atoms with E-state index in [0.717, 1.165) is 54.9 Å². The number of piperidine rings is 1. The maximum absolute atomic E-state index is 12.9. The van der Waals surface area contributed by atoms with E-state index in [1.165, 1.54) is 10.6 Å². The predicted molar refractivity (Wildman–Crippen MR) is 113 cm³/mol. The average Bonchev–Trinajstić information content (AvgIpc) is 3.22. The fraction of sp³-hybridized carbons (Fsp3) is 0.348. The molecule has 0 unspecified atom stereocenters. The fourth-order valence-corrected chi connectivity index (χ4v) is 4.39. The van der Waals surface area contributed by atoms with Gasteiger partial charge >= 0.3 is 6.18 Å². The second-order valence-corrected chi connectivity index (χ2v) is 8.15. The average molecular weight is 442 g/mol. The molecule has 1 aliphatic heterocycles. The lowest BCUT2D eigenvalue weighted by molar-refractivity contribution is -0.141. The highest BCUT2D eigenvalue weighted by Gasteiger charge is 2.32. The summed E-state index contributed by atoms with van der Waals surface area (Å²) in [7, 11) is 0. The Balaban J connectivity index is 1.24. The van der Waals surface area contributed by atoms with Crippen molar-refractivity contribution in [1.82, 2.24) is 19.6 Å². The molecule has 1 aromatic carbocycles. The molecule has 0 spiro atoms. The van der Waals surface area contributed by atoms with E-state index in [4.69, 9.17) is 4.52 Å². The smallest absolute Gasteiger partial charge is 0.356 e. The Morgan fingerprint density at radius 1 is 1.06 bits per heavy atom. The van der Waals surface area contributed by atoms with Gasteiger partial charge in [0.15, 0.2) is 5.58 Å². The zero-order chi connectivity index (χ0) is 22.3. The molecule has 1 saturated heterocycles. The minimum absolute atomic E-state index is 0.192. The van der Waals surface area contributed by atoms with Crippen molar-refractivity contribution < 1.29 is 17.7 Å². The summed E-state index contributed by atoms with van der Waals surface area (Å²) in [4.78, 5) is 18.4. The van der Waals surface area contributed by atoms with Crippen molar-refractivity contribution in [3.63, 3.8) is 0 Å². The molecule has 0 N–H and O–H groups in total. The van der Waals surface area contributed by atoms with Gasteiger partial charge in [0.1, 0.15) is 5.69 Å². The topological polar surface area (TPSA) is 64.2 Å². The van der Waals surface area contributed by atoms with Crippen LogP contribution in [0.25, 0.3) is 21.7 Å². The summed E-state index contributed by atoms with van der Waals surface area (Å²) in [6.45, 7) is 2.91. The van der Waals surface area contributed by atoms with E-state index in [9.17, 15) is 18.0 Å². The van der Waals surface area contributed by atoms with E-state index in [2.05, 4.69) is 15.0 Å². The number of rotatable bonds is 4. The zero-order valence-corrected chi connectivity index (χ0v) is 17.2. The molecular weight excluding hydrogens is 421 g/mol. The van der Waals surface area contributed by atoms with E-state index in [1.54, 1.807) is 6.20 Å². The summed E-state index contributed by atoms with van der Waals surface area (Å²) in [6.07, 6.45) is -0.0577. The maximum atomic E-state index is 12.9. The largest absolute Gasteiger partial charge is 0.433 e. The number of pyridine rings is 2. The van der Waals surface area contributed by atoms with Crippen LogP contribution >= 0.6 is 0 Å². The van der Waals surface area contributed by atoms with Gasteiger partial charge in [-0.1, -0.05) is 17.3 Å². The van der Waals surface area contributed by atoms with E-state index in [1.807, 2.05) is 24.3 Å². The van der Waals surface area contributed by atoms with Gasteiger partial charge in [-0.2, -0.15) is 13.2 Å². The first-order chi connectivity index (χ1) is 15.4. The minimum atomic E-state index is -4.53. The molecule has 0 bridgehead atoms. The lowest BCUT2D eigenvalue weighted by Gasteiger charge is -2.31.